The molecule has 7 heteroatoms. The molecule has 0 fully saturated rings. The Hall–Kier alpha value is -3.35. The number of halogens is 3. The van der Waals surface area contributed by atoms with Crippen molar-refractivity contribution in [3.8, 4) is 0 Å². The molecule has 0 atom stereocenters. The van der Waals surface area contributed by atoms with Crippen LogP contribution in [0.2, 0.25) is 0 Å². The first-order chi connectivity index (χ1) is 12.5. The van der Waals surface area contributed by atoms with Crippen molar-refractivity contribution < 1.29 is 18.0 Å². The Morgan fingerprint density at radius 3 is 2.35 bits per heavy atom. The highest BCUT2D eigenvalue weighted by Gasteiger charge is 2.09. The zero-order chi connectivity index (χ0) is 18.5. The molecule has 0 unspecified atom stereocenters. The molecule has 3 aromatic rings. The number of amides is 1. The monoisotopic (exact) mass is 357 g/mol. The zero-order valence-electron chi connectivity index (χ0n) is 13.5. The van der Waals surface area contributed by atoms with Crippen molar-refractivity contribution in [2.75, 3.05) is 5.32 Å². The van der Waals surface area contributed by atoms with Crippen LogP contribution in [0.3, 0.4) is 0 Å². The minimum Gasteiger partial charge on any atom is -0.355 e. The predicted molar refractivity (Wildman–Crippen MR) is 91.4 cm³/mol. The number of carbonyl (C=O) groups excluding carboxylic acids is 1. The maximum absolute atomic E-state index is 13.3. The lowest BCUT2D eigenvalue weighted by Crippen LogP contribution is -2.23. The summed E-state index contributed by atoms with van der Waals surface area (Å²) in [6, 6.07) is 12.3. The molecule has 0 aliphatic heterocycles. The molecule has 0 aliphatic carbocycles. The number of aromatic nitrogens is 1. The average Bonchev–Trinajstić information content (AvgIpc) is 2.64. The van der Waals surface area contributed by atoms with E-state index < -0.39 is 17.5 Å². The number of hydrogen-bond acceptors (Lipinski definition) is 3. The Balaban J connectivity index is 1.66. The number of nitrogens with zero attached hydrogens (tertiary/aromatic N) is 1. The van der Waals surface area contributed by atoms with Crippen LogP contribution >= 0.6 is 0 Å². The summed E-state index contributed by atoms with van der Waals surface area (Å²) < 4.78 is 39.1. The van der Waals surface area contributed by atoms with Gasteiger partial charge < -0.3 is 10.6 Å². The van der Waals surface area contributed by atoms with Crippen LogP contribution < -0.4 is 10.6 Å². The van der Waals surface area contributed by atoms with Gasteiger partial charge in [0.15, 0.2) is 11.6 Å². The maximum Gasteiger partial charge on any atom is 0.270 e. The van der Waals surface area contributed by atoms with E-state index in [4.69, 9.17) is 0 Å². The molecule has 1 aromatic heterocycles. The van der Waals surface area contributed by atoms with Gasteiger partial charge >= 0.3 is 0 Å². The highest BCUT2D eigenvalue weighted by Crippen LogP contribution is 2.19. The van der Waals surface area contributed by atoms with E-state index in [1.54, 1.807) is 18.2 Å². The first-order valence-corrected chi connectivity index (χ1v) is 7.72. The first kappa shape index (κ1) is 17.5. The largest absolute Gasteiger partial charge is 0.355 e. The topological polar surface area (TPSA) is 54.0 Å². The standard InChI is InChI=1S/C19H14F3N3O/c20-13-3-1-12(2-4-13)11-24-19(26)18-10-15(7-8-23-18)25-14-5-6-16(21)17(22)9-14/h1-10H,11H2,(H,23,25)(H,24,26). The summed E-state index contributed by atoms with van der Waals surface area (Å²) in [6.45, 7) is 0.224. The smallest absolute Gasteiger partial charge is 0.270 e. The third kappa shape index (κ3) is 4.38. The third-order valence-corrected chi connectivity index (χ3v) is 3.57. The molecule has 4 nitrogen and oxygen atoms in total. The fourth-order valence-electron chi connectivity index (χ4n) is 2.25. The van der Waals surface area contributed by atoms with Gasteiger partial charge in [0, 0.05) is 30.2 Å². The Morgan fingerprint density at radius 1 is 0.885 bits per heavy atom. The zero-order valence-corrected chi connectivity index (χ0v) is 13.5. The molecule has 132 valence electrons. The van der Waals surface area contributed by atoms with E-state index in [2.05, 4.69) is 15.6 Å². The van der Waals surface area contributed by atoms with Crippen LogP contribution in [-0.4, -0.2) is 10.9 Å². The van der Waals surface area contributed by atoms with E-state index in [1.807, 2.05) is 0 Å². The molecule has 1 heterocycles. The Labute approximate surface area is 147 Å². The van der Waals surface area contributed by atoms with Gasteiger partial charge in [0.2, 0.25) is 0 Å². The Kier molecular flexibility index (Phi) is 5.17. The maximum atomic E-state index is 13.3. The SMILES string of the molecule is O=C(NCc1ccc(F)cc1)c1cc(Nc2ccc(F)c(F)c2)ccn1. The summed E-state index contributed by atoms with van der Waals surface area (Å²) in [4.78, 5) is 16.2. The molecule has 26 heavy (non-hydrogen) atoms. The molecule has 2 aromatic carbocycles. The summed E-state index contributed by atoms with van der Waals surface area (Å²) in [7, 11) is 0. The fourth-order valence-corrected chi connectivity index (χ4v) is 2.25. The number of anilines is 2. The Morgan fingerprint density at radius 2 is 1.62 bits per heavy atom. The van der Waals surface area contributed by atoms with E-state index in [-0.39, 0.29) is 18.1 Å². The van der Waals surface area contributed by atoms with Crippen LogP contribution in [0, 0.1) is 17.5 Å². The van der Waals surface area contributed by atoms with E-state index in [0.717, 1.165) is 17.7 Å². The first-order valence-electron chi connectivity index (χ1n) is 7.72. The highest BCUT2D eigenvalue weighted by molar-refractivity contribution is 5.93. The summed E-state index contributed by atoms with van der Waals surface area (Å²) in [5.74, 6) is -2.67. The molecule has 0 spiro atoms. The molecular formula is C19H14F3N3O. The van der Waals surface area contributed by atoms with Gasteiger partial charge in [0.05, 0.1) is 0 Å². The molecule has 2 N–H and O–H groups in total. The molecule has 3 rings (SSSR count). The van der Waals surface area contributed by atoms with Gasteiger partial charge in [-0.3, -0.25) is 9.78 Å². The fraction of sp³-hybridized carbons (Fsp3) is 0.0526. The van der Waals surface area contributed by atoms with Gasteiger partial charge in [0.1, 0.15) is 11.5 Å². The number of hydrogen-bond donors (Lipinski definition) is 2. The van der Waals surface area contributed by atoms with E-state index in [0.29, 0.717) is 11.4 Å². The van der Waals surface area contributed by atoms with E-state index in [1.165, 1.54) is 30.5 Å². The van der Waals surface area contributed by atoms with E-state index >= 15 is 0 Å². The van der Waals surface area contributed by atoms with Crippen molar-refractivity contribution in [3.05, 3.63) is 89.5 Å². The normalized spacial score (nSPS) is 10.4. The number of rotatable bonds is 5. The molecule has 0 aliphatic rings. The highest BCUT2D eigenvalue weighted by atomic mass is 19.2. The summed E-state index contributed by atoms with van der Waals surface area (Å²) in [5, 5.41) is 5.56. The van der Waals surface area contributed by atoms with Crippen LogP contribution in [0.1, 0.15) is 16.1 Å². The van der Waals surface area contributed by atoms with Gasteiger partial charge in [-0.2, -0.15) is 0 Å². The van der Waals surface area contributed by atoms with Gasteiger partial charge in [-0.05, 0) is 42.0 Å². The van der Waals surface area contributed by atoms with Gasteiger partial charge in [-0.25, -0.2) is 13.2 Å². The average molecular weight is 357 g/mol. The minimum absolute atomic E-state index is 0.152. The quantitative estimate of drug-likeness (QED) is 0.721. The van der Waals surface area contributed by atoms with E-state index in [9.17, 15) is 18.0 Å². The second-order valence-corrected chi connectivity index (χ2v) is 5.49. The predicted octanol–water partition coefficient (Wildman–Crippen LogP) is 4.17. The minimum atomic E-state index is -0.971. The van der Waals surface area contributed by atoms with Gasteiger partial charge in [-0.1, -0.05) is 12.1 Å². The Bertz CT molecular complexity index is 930. The molecule has 0 radical (unpaired) electrons. The van der Waals surface area contributed by atoms with Crippen LogP contribution in [0.25, 0.3) is 0 Å². The van der Waals surface area contributed by atoms with Gasteiger partial charge in [0.25, 0.3) is 5.91 Å². The lowest BCUT2D eigenvalue weighted by molar-refractivity contribution is 0.0946. The lowest BCUT2D eigenvalue weighted by atomic mass is 10.2. The van der Waals surface area contributed by atoms with Crippen molar-refractivity contribution >= 4 is 17.3 Å². The third-order valence-electron chi connectivity index (χ3n) is 3.57. The molecule has 0 saturated heterocycles. The van der Waals surface area contributed by atoms with Gasteiger partial charge in [-0.15, -0.1) is 0 Å². The van der Waals surface area contributed by atoms with Crippen molar-refractivity contribution in [2.24, 2.45) is 0 Å². The van der Waals surface area contributed by atoms with Crippen LogP contribution in [-0.2, 0) is 6.54 Å². The van der Waals surface area contributed by atoms with Crippen molar-refractivity contribution in [1.29, 1.82) is 0 Å². The number of benzene rings is 2. The number of carbonyl (C=O) groups is 1. The molecule has 0 saturated carbocycles. The number of pyridine rings is 1. The summed E-state index contributed by atoms with van der Waals surface area (Å²) in [5.41, 5.74) is 1.74. The summed E-state index contributed by atoms with van der Waals surface area (Å²) in [6.07, 6.45) is 1.43. The van der Waals surface area contributed by atoms with Crippen molar-refractivity contribution in [1.82, 2.24) is 10.3 Å². The van der Waals surface area contributed by atoms with Crippen molar-refractivity contribution in [2.45, 2.75) is 6.54 Å². The second kappa shape index (κ2) is 7.69. The van der Waals surface area contributed by atoms with Crippen molar-refractivity contribution in [3.63, 3.8) is 0 Å². The summed E-state index contributed by atoms with van der Waals surface area (Å²) >= 11 is 0. The molecule has 0 bridgehead atoms. The number of nitrogens with one attached hydrogen (secondary N) is 2. The molecule has 1 amide bonds. The lowest BCUT2D eigenvalue weighted by Gasteiger charge is -2.09. The second-order valence-electron chi connectivity index (χ2n) is 5.49. The molecular weight excluding hydrogens is 343 g/mol. The van der Waals surface area contributed by atoms with Crippen LogP contribution in [0.15, 0.2) is 60.8 Å². The van der Waals surface area contributed by atoms with Crippen LogP contribution in [0.5, 0.6) is 0 Å². The van der Waals surface area contributed by atoms with Crippen LogP contribution in [0.4, 0.5) is 24.5 Å².